The van der Waals surface area contributed by atoms with Gasteiger partial charge in [0.25, 0.3) is 0 Å². The predicted molar refractivity (Wildman–Crippen MR) is 68.8 cm³/mol. The molecule has 0 radical (unpaired) electrons. The number of rotatable bonds is 3. The van der Waals surface area contributed by atoms with Gasteiger partial charge < -0.3 is 9.84 Å². The molecule has 1 aliphatic rings. The number of piperidine rings is 1. The fraction of sp³-hybridized carbons (Fsp3) is 0.583. The van der Waals surface area contributed by atoms with Crippen molar-refractivity contribution < 1.29 is 4.52 Å². The van der Waals surface area contributed by atoms with Crippen LogP contribution in [0.5, 0.6) is 0 Å². The second-order valence-corrected chi connectivity index (χ2v) is 5.69. The van der Waals surface area contributed by atoms with Gasteiger partial charge in [-0.2, -0.15) is 4.98 Å². The van der Waals surface area contributed by atoms with Crippen molar-refractivity contribution in [1.82, 2.24) is 20.4 Å². The maximum Gasteiger partial charge on any atom is 0.231 e. The van der Waals surface area contributed by atoms with Crippen molar-refractivity contribution in [3.63, 3.8) is 0 Å². The number of thiazole rings is 1. The molecule has 1 N–H and O–H groups in total. The summed E-state index contributed by atoms with van der Waals surface area (Å²) in [4.78, 5) is 8.90. The smallest absolute Gasteiger partial charge is 0.231 e. The van der Waals surface area contributed by atoms with Gasteiger partial charge in [0.15, 0.2) is 5.82 Å². The summed E-state index contributed by atoms with van der Waals surface area (Å²) in [6.07, 6.45) is 2.96. The first-order chi connectivity index (χ1) is 8.81. The van der Waals surface area contributed by atoms with E-state index in [1.54, 1.807) is 11.3 Å². The summed E-state index contributed by atoms with van der Waals surface area (Å²) >= 11 is 1.65. The van der Waals surface area contributed by atoms with Crippen LogP contribution in [0.25, 0.3) is 0 Å². The molecule has 1 aliphatic heterocycles. The maximum atomic E-state index is 5.36. The first-order valence-electron chi connectivity index (χ1n) is 6.25. The van der Waals surface area contributed by atoms with E-state index >= 15 is 0 Å². The summed E-state index contributed by atoms with van der Waals surface area (Å²) < 4.78 is 5.36. The summed E-state index contributed by atoms with van der Waals surface area (Å²) in [5, 5.41) is 10.5. The van der Waals surface area contributed by atoms with Crippen LogP contribution in [-0.2, 0) is 6.42 Å². The Balaban J connectivity index is 1.69. The van der Waals surface area contributed by atoms with Gasteiger partial charge >= 0.3 is 0 Å². The molecule has 96 valence electrons. The summed E-state index contributed by atoms with van der Waals surface area (Å²) in [5.41, 5.74) is 1.02. The number of hydrogen-bond acceptors (Lipinski definition) is 6. The van der Waals surface area contributed by atoms with Gasteiger partial charge in [-0.25, -0.2) is 4.98 Å². The molecule has 0 saturated carbocycles. The predicted octanol–water partition coefficient (Wildman–Crippen LogP) is 1.89. The Morgan fingerprint density at radius 2 is 2.44 bits per heavy atom. The molecule has 5 nitrogen and oxygen atoms in total. The van der Waals surface area contributed by atoms with Gasteiger partial charge in [0, 0.05) is 11.9 Å². The van der Waals surface area contributed by atoms with Gasteiger partial charge in [-0.15, -0.1) is 11.3 Å². The Kier molecular flexibility index (Phi) is 3.38. The lowest BCUT2D eigenvalue weighted by Gasteiger charge is -2.18. The Morgan fingerprint density at radius 1 is 1.50 bits per heavy atom. The third-order valence-electron chi connectivity index (χ3n) is 3.14. The average Bonchev–Trinajstić information content (AvgIpc) is 3.01. The fourth-order valence-electron chi connectivity index (χ4n) is 2.22. The average molecular weight is 264 g/mol. The fourth-order valence-corrected chi connectivity index (χ4v) is 2.83. The molecule has 1 fully saturated rings. The van der Waals surface area contributed by atoms with E-state index in [0.717, 1.165) is 41.9 Å². The zero-order chi connectivity index (χ0) is 12.4. The topological polar surface area (TPSA) is 63.8 Å². The monoisotopic (exact) mass is 264 g/mol. The molecule has 0 spiro atoms. The second-order valence-electron chi connectivity index (χ2n) is 4.63. The molecule has 18 heavy (non-hydrogen) atoms. The molecule has 0 bridgehead atoms. The molecule has 0 unspecified atom stereocenters. The van der Waals surface area contributed by atoms with E-state index in [9.17, 15) is 0 Å². The highest BCUT2D eigenvalue weighted by Crippen LogP contribution is 2.22. The van der Waals surface area contributed by atoms with E-state index in [1.165, 1.54) is 6.42 Å². The molecule has 1 saturated heterocycles. The number of aryl methyl sites for hydroxylation is 1. The van der Waals surface area contributed by atoms with E-state index in [2.05, 4.69) is 20.4 Å². The molecule has 3 heterocycles. The molecule has 1 atom stereocenters. The Morgan fingerprint density at radius 3 is 3.17 bits per heavy atom. The number of nitrogens with zero attached hydrogens (tertiary/aromatic N) is 3. The van der Waals surface area contributed by atoms with Crippen LogP contribution in [0.3, 0.4) is 0 Å². The first-order valence-corrected chi connectivity index (χ1v) is 7.13. The van der Waals surface area contributed by atoms with E-state index in [4.69, 9.17) is 4.52 Å². The lowest BCUT2D eigenvalue weighted by molar-refractivity contribution is 0.320. The third-order valence-corrected chi connectivity index (χ3v) is 3.96. The van der Waals surface area contributed by atoms with Crippen LogP contribution in [-0.4, -0.2) is 28.2 Å². The highest BCUT2D eigenvalue weighted by molar-refractivity contribution is 7.09. The summed E-state index contributed by atoms with van der Waals surface area (Å²) in [5.74, 6) is 1.88. The largest absolute Gasteiger partial charge is 0.339 e. The van der Waals surface area contributed by atoms with Gasteiger partial charge in [0.2, 0.25) is 5.89 Å². The summed E-state index contributed by atoms with van der Waals surface area (Å²) in [6.45, 7) is 4.04. The lowest BCUT2D eigenvalue weighted by Crippen LogP contribution is -2.28. The molecule has 6 heteroatoms. The molecule has 2 aromatic rings. The Bertz CT molecular complexity index is 516. The highest BCUT2D eigenvalue weighted by Gasteiger charge is 2.21. The number of hydrogen-bond donors (Lipinski definition) is 1. The molecular formula is C12H16N4OS. The summed E-state index contributed by atoms with van der Waals surface area (Å²) in [7, 11) is 0. The van der Waals surface area contributed by atoms with E-state index in [-0.39, 0.29) is 0 Å². The van der Waals surface area contributed by atoms with Gasteiger partial charge in [0.05, 0.1) is 23.0 Å². The maximum absolute atomic E-state index is 5.36. The van der Waals surface area contributed by atoms with E-state index in [0.29, 0.717) is 12.3 Å². The Labute approximate surface area is 110 Å². The molecule has 2 aromatic heterocycles. The lowest BCUT2D eigenvalue weighted by atomic mass is 10.00. The van der Waals surface area contributed by atoms with E-state index < -0.39 is 0 Å². The highest BCUT2D eigenvalue weighted by atomic mass is 32.1. The molecule has 0 amide bonds. The van der Waals surface area contributed by atoms with Crippen molar-refractivity contribution in [2.45, 2.75) is 32.1 Å². The number of aromatic nitrogens is 3. The van der Waals surface area contributed by atoms with Gasteiger partial charge in [-0.1, -0.05) is 5.16 Å². The van der Waals surface area contributed by atoms with Crippen LogP contribution in [0, 0.1) is 6.92 Å². The van der Waals surface area contributed by atoms with Crippen molar-refractivity contribution in [3.8, 4) is 0 Å². The van der Waals surface area contributed by atoms with Crippen molar-refractivity contribution in [2.24, 2.45) is 0 Å². The molecule has 0 aliphatic carbocycles. The van der Waals surface area contributed by atoms with Gasteiger partial charge in [-0.3, -0.25) is 0 Å². The van der Waals surface area contributed by atoms with Gasteiger partial charge in [0.1, 0.15) is 0 Å². The summed E-state index contributed by atoms with van der Waals surface area (Å²) in [6, 6.07) is 0. The first kappa shape index (κ1) is 11.8. The van der Waals surface area contributed by atoms with Crippen LogP contribution >= 0.6 is 11.3 Å². The second kappa shape index (κ2) is 5.16. The van der Waals surface area contributed by atoms with Crippen molar-refractivity contribution in [2.75, 3.05) is 13.1 Å². The van der Waals surface area contributed by atoms with Gasteiger partial charge in [-0.05, 0) is 26.3 Å². The Hall–Kier alpha value is -1.27. The third kappa shape index (κ3) is 2.59. The SMILES string of the molecule is Cc1nc(Cc2noc([C@H]3CCCNC3)n2)cs1. The molecule has 0 aromatic carbocycles. The minimum absolute atomic E-state index is 0.372. The van der Waals surface area contributed by atoms with Crippen molar-refractivity contribution in [1.29, 1.82) is 0 Å². The zero-order valence-corrected chi connectivity index (χ0v) is 11.2. The standard InChI is InChI=1S/C12H16N4OS/c1-8-14-10(7-18-8)5-11-15-12(17-16-11)9-3-2-4-13-6-9/h7,9,13H,2-6H2,1H3/t9-/m0/s1. The van der Waals surface area contributed by atoms with Crippen LogP contribution in [0.2, 0.25) is 0 Å². The van der Waals surface area contributed by atoms with Crippen molar-refractivity contribution >= 4 is 11.3 Å². The van der Waals surface area contributed by atoms with Crippen molar-refractivity contribution in [3.05, 3.63) is 27.8 Å². The van der Waals surface area contributed by atoms with Crippen LogP contribution in [0.1, 0.15) is 41.2 Å². The van der Waals surface area contributed by atoms with Crippen LogP contribution in [0.4, 0.5) is 0 Å². The van der Waals surface area contributed by atoms with Crippen LogP contribution in [0.15, 0.2) is 9.90 Å². The van der Waals surface area contributed by atoms with Crippen LogP contribution < -0.4 is 5.32 Å². The minimum atomic E-state index is 0.372. The number of nitrogens with one attached hydrogen (secondary N) is 1. The molecular weight excluding hydrogens is 248 g/mol. The quantitative estimate of drug-likeness (QED) is 0.917. The minimum Gasteiger partial charge on any atom is -0.339 e. The zero-order valence-electron chi connectivity index (χ0n) is 10.3. The molecule has 3 rings (SSSR count). The van der Waals surface area contributed by atoms with E-state index in [1.807, 2.05) is 12.3 Å². The normalized spacial score (nSPS) is 20.2.